The van der Waals surface area contributed by atoms with Gasteiger partial charge in [-0.1, -0.05) is 5.16 Å². The molecule has 0 saturated heterocycles. The van der Waals surface area contributed by atoms with Gasteiger partial charge in [0, 0.05) is 6.07 Å². The topological polar surface area (TPSA) is 68.3 Å². The van der Waals surface area contributed by atoms with Crippen molar-refractivity contribution in [2.75, 3.05) is 5.32 Å². The minimum atomic E-state index is -0.387. The molecule has 1 atom stereocenters. The van der Waals surface area contributed by atoms with Gasteiger partial charge in [0.05, 0.1) is 5.38 Å². The number of nitrogens with one attached hydrogen (secondary N) is 1. The van der Waals surface area contributed by atoms with Crippen molar-refractivity contribution in [3.05, 3.63) is 35.5 Å². The van der Waals surface area contributed by atoms with Gasteiger partial charge in [-0.3, -0.25) is 4.79 Å². The number of rotatable bonds is 3. The summed E-state index contributed by atoms with van der Waals surface area (Å²) < 4.78 is 10.1. The van der Waals surface area contributed by atoms with Crippen molar-refractivity contribution in [3.63, 3.8) is 0 Å². The van der Waals surface area contributed by atoms with Gasteiger partial charge in [-0.15, -0.1) is 11.6 Å². The number of alkyl halides is 1. The number of nitrogens with zero attached hydrogens (tertiary/aromatic N) is 1. The van der Waals surface area contributed by atoms with E-state index in [-0.39, 0.29) is 17.0 Å². The molecule has 0 spiro atoms. The summed E-state index contributed by atoms with van der Waals surface area (Å²) >= 11 is 5.83. The zero-order valence-electron chi connectivity index (χ0n) is 9.36. The van der Waals surface area contributed by atoms with Crippen LogP contribution in [-0.2, 0) is 0 Å². The molecule has 0 saturated carbocycles. The summed E-state index contributed by atoms with van der Waals surface area (Å²) in [6.07, 6.45) is 0. The molecule has 2 heterocycles. The van der Waals surface area contributed by atoms with Gasteiger partial charge < -0.3 is 14.3 Å². The number of hydrogen-bond donors (Lipinski definition) is 1. The Morgan fingerprint density at radius 2 is 2.29 bits per heavy atom. The van der Waals surface area contributed by atoms with Gasteiger partial charge in [0.25, 0.3) is 5.91 Å². The quantitative estimate of drug-likeness (QED) is 0.855. The molecule has 0 aromatic carbocycles. The average molecular weight is 255 g/mol. The van der Waals surface area contributed by atoms with Crippen LogP contribution in [-0.4, -0.2) is 11.1 Å². The molecule has 17 heavy (non-hydrogen) atoms. The predicted molar refractivity (Wildman–Crippen MR) is 62.2 cm³/mol. The Bertz CT molecular complexity index is 530. The molecule has 2 aromatic heterocycles. The fourth-order valence-corrected chi connectivity index (χ4v) is 1.41. The molecule has 0 aliphatic heterocycles. The first-order valence-corrected chi connectivity index (χ1v) is 5.48. The van der Waals surface area contributed by atoms with Crippen LogP contribution in [0.3, 0.4) is 0 Å². The van der Waals surface area contributed by atoms with Crippen molar-refractivity contribution in [2.24, 2.45) is 0 Å². The number of carbonyl (C=O) groups is 1. The minimum absolute atomic E-state index is 0.188. The molecule has 90 valence electrons. The lowest BCUT2D eigenvalue weighted by atomic mass is 10.3. The van der Waals surface area contributed by atoms with Crippen LogP contribution in [0.25, 0.3) is 0 Å². The first-order chi connectivity index (χ1) is 8.06. The van der Waals surface area contributed by atoms with Crippen molar-refractivity contribution in [1.82, 2.24) is 5.16 Å². The van der Waals surface area contributed by atoms with E-state index in [2.05, 4.69) is 10.5 Å². The molecule has 0 aliphatic carbocycles. The second kappa shape index (κ2) is 4.63. The Hall–Kier alpha value is -1.75. The molecule has 5 nitrogen and oxygen atoms in total. The number of furan rings is 1. The summed E-state index contributed by atoms with van der Waals surface area (Å²) in [5.74, 6) is 1.32. The molecule has 1 amide bonds. The molecule has 1 unspecified atom stereocenters. The molecular weight excluding hydrogens is 244 g/mol. The van der Waals surface area contributed by atoms with Gasteiger partial charge in [0.15, 0.2) is 11.6 Å². The highest BCUT2D eigenvalue weighted by Gasteiger charge is 2.15. The molecular formula is C11H11ClN2O3. The number of halogens is 1. The van der Waals surface area contributed by atoms with Crippen LogP contribution in [0.5, 0.6) is 0 Å². The van der Waals surface area contributed by atoms with Crippen molar-refractivity contribution in [2.45, 2.75) is 19.2 Å². The number of aromatic nitrogens is 1. The molecule has 0 bridgehead atoms. The van der Waals surface area contributed by atoms with Crippen molar-refractivity contribution in [1.29, 1.82) is 0 Å². The lowest BCUT2D eigenvalue weighted by Crippen LogP contribution is -2.10. The lowest BCUT2D eigenvalue weighted by molar-refractivity contribution is 0.0994. The highest BCUT2D eigenvalue weighted by Crippen LogP contribution is 2.22. The Kier molecular flexibility index (Phi) is 3.19. The lowest BCUT2D eigenvalue weighted by Gasteiger charge is -1.98. The smallest absolute Gasteiger partial charge is 0.292 e. The van der Waals surface area contributed by atoms with Crippen LogP contribution in [0.4, 0.5) is 5.82 Å². The maximum Gasteiger partial charge on any atom is 0.292 e. The summed E-state index contributed by atoms with van der Waals surface area (Å²) in [4.78, 5) is 11.7. The Morgan fingerprint density at radius 3 is 2.82 bits per heavy atom. The molecule has 6 heteroatoms. The van der Waals surface area contributed by atoms with Crippen LogP contribution in [0.1, 0.15) is 34.4 Å². The highest BCUT2D eigenvalue weighted by atomic mass is 35.5. The molecule has 1 N–H and O–H groups in total. The van der Waals surface area contributed by atoms with Crippen LogP contribution in [0.2, 0.25) is 0 Å². The SMILES string of the molecule is Cc1cc(NC(=O)c2ccc(C(C)Cl)o2)no1. The first kappa shape index (κ1) is 11.7. The summed E-state index contributed by atoms with van der Waals surface area (Å²) in [5.41, 5.74) is 0. The summed E-state index contributed by atoms with van der Waals surface area (Å²) in [7, 11) is 0. The van der Waals surface area contributed by atoms with E-state index in [1.807, 2.05) is 0 Å². The van der Waals surface area contributed by atoms with Gasteiger partial charge in [0.2, 0.25) is 0 Å². The third-order valence-corrected chi connectivity index (χ3v) is 2.33. The fraction of sp³-hybridized carbons (Fsp3) is 0.273. The Morgan fingerprint density at radius 1 is 1.53 bits per heavy atom. The zero-order chi connectivity index (χ0) is 12.4. The number of carbonyl (C=O) groups excluding carboxylic acids is 1. The van der Waals surface area contributed by atoms with E-state index in [4.69, 9.17) is 20.5 Å². The molecule has 0 aliphatic rings. The third-order valence-electron chi connectivity index (χ3n) is 2.11. The molecule has 0 radical (unpaired) electrons. The second-order valence-corrected chi connectivity index (χ2v) is 4.25. The first-order valence-electron chi connectivity index (χ1n) is 5.04. The van der Waals surface area contributed by atoms with E-state index < -0.39 is 0 Å². The van der Waals surface area contributed by atoms with E-state index >= 15 is 0 Å². The number of aryl methyl sites for hydroxylation is 1. The van der Waals surface area contributed by atoms with Gasteiger partial charge in [-0.25, -0.2) is 0 Å². The summed E-state index contributed by atoms with van der Waals surface area (Å²) in [6, 6.07) is 4.85. The van der Waals surface area contributed by atoms with Crippen LogP contribution in [0.15, 0.2) is 27.1 Å². The van der Waals surface area contributed by atoms with E-state index in [9.17, 15) is 4.79 Å². The largest absolute Gasteiger partial charge is 0.454 e. The highest BCUT2D eigenvalue weighted by molar-refractivity contribution is 6.20. The van der Waals surface area contributed by atoms with Gasteiger partial charge in [0.1, 0.15) is 11.5 Å². The van der Waals surface area contributed by atoms with Crippen molar-refractivity contribution >= 4 is 23.3 Å². The summed E-state index contributed by atoms with van der Waals surface area (Å²) in [5, 5.41) is 5.93. The van der Waals surface area contributed by atoms with Crippen molar-refractivity contribution in [3.8, 4) is 0 Å². The molecule has 0 fully saturated rings. The average Bonchev–Trinajstić information content (AvgIpc) is 2.86. The molecule has 2 aromatic rings. The van der Waals surface area contributed by atoms with E-state index in [0.29, 0.717) is 17.3 Å². The van der Waals surface area contributed by atoms with Gasteiger partial charge >= 0.3 is 0 Å². The van der Waals surface area contributed by atoms with Crippen LogP contribution >= 0.6 is 11.6 Å². The fourth-order valence-electron chi connectivity index (χ4n) is 1.29. The second-order valence-electron chi connectivity index (χ2n) is 3.59. The Labute approximate surface area is 103 Å². The normalized spacial score (nSPS) is 12.4. The number of amides is 1. The van der Waals surface area contributed by atoms with Crippen molar-refractivity contribution < 1.29 is 13.7 Å². The van der Waals surface area contributed by atoms with Gasteiger partial charge in [-0.2, -0.15) is 0 Å². The monoisotopic (exact) mass is 254 g/mol. The predicted octanol–water partition coefficient (Wildman–Crippen LogP) is 3.13. The van der Waals surface area contributed by atoms with E-state index in [1.54, 1.807) is 32.0 Å². The maximum absolute atomic E-state index is 11.7. The minimum Gasteiger partial charge on any atom is -0.454 e. The number of hydrogen-bond acceptors (Lipinski definition) is 4. The van der Waals surface area contributed by atoms with E-state index in [1.165, 1.54) is 0 Å². The Balaban J connectivity index is 2.09. The maximum atomic E-state index is 11.7. The zero-order valence-corrected chi connectivity index (χ0v) is 10.1. The molecule has 2 rings (SSSR count). The van der Waals surface area contributed by atoms with Crippen LogP contribution in [0, 0.1) is 6.92 Å². The third kappa shape index (κ3) is 2.68. The van der Waals surface area contributed by atoms with Crippen LogP contribution < -0.4 is 5.32 Å². The van der Waals surface area contributed by atoms with E-state index in [0.717, 1.165) is 0 Å². The number of anilines is 1. The van der Waals surface area contributed by atoms with Gasteiger partial charge in [-0.05, 0) is 26.0 Å². The summed E-state index contributed by atoms with van der Waals surface area (Å²) in [6.45, 7) is 3.51. The standard InChI is InChI=1S/C11H11ClN2O3/c1-6-5-10(14-17-6)13-11(15)9-4-3-8(16-9)7(2)12/h3-5,7H,1-2H3,(H,13,14,15).